The smallest absolute Gasteiger partial charge is 0.291 e. The zero-order valence-electron chi connectivity index (χ0n) is 15.1. The largest absolute Gasteiger partial charge is 0.328 e. The van der Waals surface area contributed by atoms with Gasteiger partial charge in [-0.1, -0.05) is 12.2 Å². The molecule has 2 unspecified atom stereocenters. The molecule has 0 aromatic rings. The summed E-state index contributed by atoms with van der Waals surface area (Å²) in [6.07, 6.45) is 11.2. The van der Waals surface area contributed by atoms with Crippen LogP contribution in [0.1, 0.15) is 27.7 Å². The van der Waals surface area contributed by atoms with Crippen molar-refractivity contribution in [3.8, 4) is 0 Å². The van der Waals surface area contributed by atoms with Gasteiger partial charge in [0.15, 0.2) is 0 Å². The molecule has 2 heterocycles. The Labute approximate surface area is 165 Å². The van der Waals surface area contributed by atoms with Gasteiger partial charge in [0.25, 0.3) is 10.2 Å². The van der Waals surface area contributed by atoms with E-state index in [9.17, 15) is 9.81 Å². The Kier molecular flexibility index (Phi) is 16.4. The number of nitroso groups, excluding NO2 is 2. The third kappa shape index (κ3) is 16.3. The molecule has 2 rings (SSSR count). The molecule has 0 bridgehead atoms. The molecule has 1 radical (unpaired) electrons. The second-order valence-corrected chi connectivity index (χ2v) is 4.99. The van der Waals surface area contributed by atoms with Gasteiger partial charge in [-0.05, 0) is 12.2 Å². The molecule has 0 amide bonds. The Morgan fingerprint density at radius 1 is 0.852 bits per heavy atom. The Balaban J connectivity index is -0.000000303. The zero-order valence-corrected chi connectivity index (χ0v) is 16.0. The quantitative estimate of drug-likeness (QED) is 0.252. The standard InChI is InChI=1S/2C7H10NO.Cu.2HNO3/c2*1-6-4-3-5-7(2)8(6)9;;2*2-1(3)4/h2*3-6H,1-2H3;;2*(H,2,3,4)/q2*+1;;;. The van der Waals surface area contributed by atoms with Gasteiger partial charge >= 0.3 is 0 Å². The minimum Gasteiger partial charge on any atom is -0.328 e. The molecule has 2 N–H and O–H groups in total. The third-order valence-corrected chi connectivity index (χ3v) is 2.89. The molecule has 0 fully saturated rings. The van der Waals surface area contributed by atoms with Crippen molar-refractivity contribution >= 4 is 0 Å². The number of nitrogens with zero attached hydrogens (tertiary/aromatic N) is 4. The van der Waals surface area contributed by atoms with E-state index >= 15 is 0 Å². The first kappa shape index (κ1) is 28.9. The molecule has 0 aromatic carbocycles. The van der Waals surface area contributed by atoms with E-state index in [0.717, 1.165) is 20.9 Å². The fourth-order valence-corrected chi connectivity index (χ4v) is 1.66. The summed E-state index contributed by atoms with van der Waals surface area (Å²) in [5, 5.41) is 27.3. The minimum absolute atomic E-state index is 0. The molecular formula is C14H22CuN4O8+2. The number of hydrogen-bond donors (Lipinski definition) is 2. The molecule has 0 aliphatic carbocycles. The van der Waals surface area contributed by atoms with Crippen LogP contribution in [0.5, 0.6) is 0 Å². The van der Waals surface area contributed by atoms with E-state index in [1.807, 2.05) is 64.2 Å². The van der Waals surface area contributed by atoms with Crippen molar-refractivity contribution < 1.29 is 47.2 Å². The molecular weight excluding hydrogens is 416 g/mol. The van der Waals surface area contributed by atoms with Crippen molar-refractivity contribution in [3.05, 3.63) is 77.9 Å². The van der Waals surface area contributed by atoms with E-state index in [4.69, 9.17) is 30.6 Å². The molecule has 155 valence electrons. The zero-order chi connectivity index (χ0) is 20.9. The van der Waals surface area contributed by atoms with Crippen LogP contribution in [0.2, 0.25) is 0 Å². The first-order chi connectivity index (χ1) is 11.9. The molecule has 0 saturated carbocycles. The first-order valence-corrected chi connectivity index (χ1v) is 7.19. The predicted molar refractivity (Wildman–Crippen MR) is 89.5 cm³/mol. The Hall–Kier alpha value is -2.92. The monoisotopic (exact) mass is 437 g/mol. The maximum absolute atomic E-state index is 10.9. The predicted octanol–water partition coefficient (Wildman–Crippen LogP) is 2.56. The van der Waals surface area contributed by atoms with Gasteiger partial charge in [0.05, 0.1) is 0 Å². The topological polar surface area (TPSA) is 167 Å². The van der Waals surface area contributed by atoms with E-state index in [2.05, 4.69) is 0 Å². The van der Waals surface area contributed by atoms with Gasteiger partial charge < -0.3 is 10.4 Å². The summed E-state index contributed by atoms with van der Waals surface area (Å²) in [5.41, 5.74) is 1.56. The molecule has 0 spiro atoms. The second-order valence-electron chi connectivity index (χ2n) is 4.99. The number of allylic oxidation sites excluding steroid dienone is 6. The van der Waals surface area contributed by atoms with Crippen LogP contribution in [-0.2, 0) is 17.1 Å². The molecule has 2 atom stereocenters. The van der Waals surface area contributed by atoms with Crippen molar-refractivity contribution in [1.29, 1.82) is 0 Å². The van der Waals surface area contributed by atoms with E-state index in [1.54, 1.807) is 0 Å². The van der Waals surface area contributed by atoms with Gasteiger partial charge in [-0.25, -0.2) is 0 Å². The van der Waals surface area contributed by atoms with Crippen LogP contribution in [0.15, 0.2) is 47.9 Å². The molecule has 0 aromatic heterocycles. The number of hydrogen-bond acceptors (Lipinski definition) is 6. The van der Waals surface area contributed by atoms with Gasteiger partial charge in [0.1, 0.15) is 0 Å². The van der Waals surface area contributed by atoms with Crippen molar-refractivity contribution in [2.24, 2.45) is 0 Å². The van der Waals surface area contributed by atoms with E-state index in [-0.39, 0.29) is 29.2 Å². The van der Waals surface area contributed by atoms with Crippen LogP contribution < -0.4 is 0 Å². The van der Waals surface area contributed by atoms with Gasteiger partial charge in [-0.15, -0.1) is 20.2 Å². The van der Waals surface area contributed by atoms with Gasteiger partial charge in [0.2, 0.25) is 23.5 Å². The van der Waals surface area contributed by atoms with E-state index in [0.29, 0.717) is 0 Å². The average Bonchev–Trinajstić information content (AvgIpc) is 2.50. The van der Waals surface area contributed by atoms with Crippen molar-refractivity contribution in [3.63, 3.8) is 0 Å². The van der Waals surface area contributed by atoms with Crippen molar-refractivity contribution in [2.75, 3.05) is 0 Å². The van der Waals surface area contributed by atoms with Gasteiger partial charge in [0, 0.05) is 76.2 Å². The summed E-state index contributed by atoms with van der Waals surface area (Å²) in [5.74, 6) is 0. The van der Waals surface area contributed by atoms with Crippen LogP contribution in [0.4, 0.5) is 0 Å². The van der Waals surface area contributed by atoms with Crippen LogP contribution in [0.25, 0.3) is 0 Å². The summed E-state index contributed by atoms with van der Waals surface area (Å²) < 4.78 is 2.00. The SMILES string of the molecule is CC1=CC=CC(C)[N+]1=O.CC1=CC=CC(C)[N+]1=O.O=[N+]([O-])O.O=[N+]([O-])O.[Cu]. The molecule has 27 heavy (non-hydrogen) atoms. The van der Waals surface area contributed by atoms with Crippen LogP contribution in [0, 0.1) is 30.0 Å². The van der Waals surface area contributed by atoms with Gasteiger partial charge in [-0.3, -0.25) is 0 Å². The maximum Gasteiger partial charge on any atom is 0.291 e. The van der Waals surface area contributed by atoms with E-state index < -0.39 is 10.2 Å². The Morgan fingerprint density at radius 2 is 1.07 bits per heavy atom. The fourth-order valence-electron chi connectivity index (χ4n) is 1.66. The van der Waals surface area contributed by atoms with Crippen LogP contribution in [0.3, 0.4) is 0 Å². The first-order valence-electron chi connectivity index (χ1n) is 7.19. The summed E-state index contributed by atoms with van der Waals surface area (Å²) in [6, 6.07) is 0.0185. The fraction of sp³-hybridized carbons (Fsp3) is 0.429. The van der Waals surface area contributed by atoms with E-state index in [1.165, 1.54) is 0 Å². The summed E-state index contributed by atoms with van der Waals surface area (Å²) in [4.78, 5) is 38.6. The molecule has 13 heteroatoms. The summed E-state index contributed by atoms with van der Waals surface area (Å²) >= 11 is 0. The van der Waals surface area contributed by atoms with Crippen molar-refractivity contribution in [1.82, 2.24) is 0 Å². The molecule has 2 aliphatic rings. The minimum atomic E-state index is -1.50. The Bertz CT molecular complexity index is 594. The third-order valence-electron chi connectivity index (χ3n) is 2.89. The molecule has 2 aliphatic heterocycles. The van der Waals surface area contributed by atoms with Crippen LogP contribution >= 0.6 is 0 Å². The molecule has 12 nitrogen and oxygen atoms in total. The maximum atomic E-state index is 10.9. The summed E-state index contributed by atoms with van der Waals surface area (Å²) in [6.45, 7) is 7.38. The van der Waals surface area contributed by atoms with Crippen LogP contribution in [-0.4, -0.2) is 42.2 Å². The average molecular weight is 438 g/mol. The number of rotatable bonds is 0. The van der Waals surface area contributed by atoms with Gasteiger partial charge in [-0.2, -0.15) is 0 Å². The molecule has 0 saturated heterocycles. The van der Waals surface area contributed by atoms with Crippen molar-refractivity contribution in [2.45, 2.75) is 39.8 Å². The normalized spacial score (nSPS) is 19.3. The Morgan fingerprint density at radius 3 is 1.22 bits per heavy atom. The second kappa shape index (κ2) is 15.3. The summed E-state index contributed by atoms with van der Waals surface area (Å²) in [7, 11) is 0.